The Morgan fingerprint density at radius 1 is 1.15 bits per heavy atom. The molecule has 0 bridgehead atoms. The van der Waals surface area contributed by atoms with E-state index in [1.165, 1.54) is 31.0 Å². The van der Waals surface area contributed by atoms with E-state index in [9.17, 15) is 0 Å². The van der Waals surface area contributed by atoms with Gasteiger partial charge in [-0.3, -0.25) is 4.99 Å². The number of nitrogens with one attached hydrogen (secondary N) is 2. The lowest BCUT2D eigenvalue weighted by Gasteiger charge is -2.21. The van der Waals surface area contributed by atoms with Crippen LogP contribution in [0.5, 0.6) is 0 Å². The highest BCUT2D eigenvalue weighted by Crippen LogP contribution is 2.21. The van der Waals surface area contributed by atoms with Crippen molar-refractivity contribution in [2.75, 3.05) is 59.9 Å². The molecule has 1 heterocycles. The van der Waals surface area contributed by atoms with Crippen LogP contribution < -0.4 is 10.6 Å². The summed E-state index contributed by atoms with van der Waals surface area (Å²) in [6.45, 7) is 9.88. The minimum Gasteiger partial charge on any atom is -0.355 e. The van der Waals surface area contributed by atoms with Gasteiger partial charge in [-0.15, -0.1) is 35.7 Å². The smallest absolute Gasteiger partial charge is 0.191 e. The summed E-state index contributed by atoms with van der Waals surface area (Å²) in [5.41, 5.74) is 0. The molecule has 148 valence electrons. The van der Waals surface area contributed by atoms with Crippen LogP contribution in [0.4, 0.5) is 0 Å². The van der Waals surface area contributed by atoms with Gasteiger partial charge < -0.3 is 20.4 Å². The van der Waals surface area contributed by atoms with Crippen molar-refractivity contribution in [3.63, 3.8) is 0 Å². The van der Waals surface area contributed by atoms with E-state index in [0.717, 1.165) is 32.1 Å². The molecule has 2 N–H and O–H groups in total. The Morgan fingerprint density at radius 2 is 1.92 bits per heavy atom. The average molecular weight is 491 g/mol. The lowest BCUT2D eigenvalue weighted by molar-refractivity contribution is 0.280. The van der Waals surface area contributed by atoms with Crippen molar-refractivity contribution < 1.29 is 0 Å². The molecule has 1 fully saturated rings. The highest BCUT2D eigenvalue weighted by Gasteiger charge is 2.11. The Morgan fingerprint density at radius 3 is 2.65 bits per heavy atom. The summed E-state index contributed by atoms with van der Waals surface area (Å²) < 4.78 is 0. The van der Waals surface area contributed by atoms with Crippen LogP contribution in [0, 0.1) is 0 Å². The molecule has 0 saturated carbocycles. The van der Waals surface area contributed by atoms with Gasteiger partial charge in [0.15, 0.2) is 5.96 Å². The third-order valence-electron chi connectivity index (χ3n) is 4.39. The van der Waals surface area contributed by atoms with Gasteiger partial charge in [-0.2, -0.15) is 0 Å². The number of thioether (sulfide) groups is 1. The van der Waals surface area contributed by atoms with Crippen molar-refractivity contribution in [1.29, 1.82) is 0 Å². The molecule has 1 atom stereocenters. The predicted octanol–water partition coefficient (Wildman–Crippen LogP) is 2.59. The summed E-state index contributed by atoms with van der Waals surface area (Å²) in [5.74, 6) is 0.896. The summed E-state index contributed by atoms with van der Waals surface area (Å²) in [6.07, 6.45) is 1.26. The van der Waals surface area contributed by atoms with Crippen molar-refractivity contribution in [3.8, 4) is 0 Å². The van der Waals surface area contributed by atoms with Crippen molar-refractivity contribution >= 4 is 41.7 Å². The molecule has 1 aliphatic rings. The molecule has 26 heavy (non-hydrogen) atoms. The SMILES string of the molecule is CN=C(NCCN1CCCN(C)CC1)NCC(C)Sc1ccccc1.I. The van der Waals surface area contributed by atoms with Gasteiger partial charge >= 0.3 is 0 Å². The van der Waals surface area contributed by atoms with E-state index in [1.807, 2.05) is 18.8 Å². The number of hydrogen-bond donors (Lipinski definition) is 2. The quantitative estimate of drug-likeness (QED) is 0.266. The zero-order valence-corrected chi connectivity index (χ0v) is 19.4. The van der Waals surface area contributed by atoms with Gasteiger partial charge in [0.05, 0.1) is 0 Å². The van der Waals surface area contributed by atoms with Gasteiger partial charge in [0, 0.05) is 49.9 Å². The first kappa shape index (κ1) is 23.5. The first-order chi connectivity index (χ1) is 12.2. The summed E-state index contributed by atoms with van der Waals surface area (Å²) in [4.78, 5) is 10.6. The Balaban J connectivity index is 0.00000338. The molecular weight excluding hydrogens is 457 g/mol. The second-order valence-electron chi connectivity index (χ2n) is 6.62. The first-order valence-electron chi connectivity index (χ1n) is 9.24. The van der Waals surface area contributed by atoms with Crippen LogP contribution in [0.1, 0.15) is 13.3 Å². The fourth-order valence-electron chi connectivity index (χ4n) is 2.89. The number of guanidine groups is 1. The van der Waals surface area contributed by atoms with E-state index in [4.69, 9.17) is 0 Å². The van der Waals surface area contributed by atoms with Crippen LogP contribution in [0.2, 0.25) is 0 Å². The highest BCUT2D eigenvalue weighted by molar-refractivity contribution is 14.0. The second kappa shape index (κ2) is 13.6. The van der Waals surface area contributed by atoms with Crippen LogP contribution in [-0.2, 0) is 0 Å². The normalized spacial score (nSPS) is 17.9. The molecule has 5 nitrogen and oxygen atoms in total. The molecule has 1 aromatic rings. The molecular formula is C19H34IN5S. The molecule has 1 aromatic carbocycles. The number of hydrogen-bond acceptors (Lipinski definition) is 4. The molecule has 0 aromatic heterocycles. The van der Waals surface area contributed by atoms with E-state index in [-0.39, 0.29) is 24.0 Å². The van der Waals surface area contributed by atoms with E-state index in [1.54, 1.807) is 0 Å². The Bertz CT molecular complexity index is 514. The van der Waals surface area contributed by atoms with Gasteiger partial charge in [-0.05, 0) is 38.7 Å². The molecule has 1 aliphatic heterocycles. The number of nitrogens with zero attached hydrogens (tertiary/aromatic N) is 3. The molecule has 0 amide bonds. The maximum absolute atomic E-state index is 4.34. The first-order valence-corrected chi connectivity index (χ1v) is 10.1. The summed E-state index contributed by atoms with van der Waals surface area (Å²) in [7, 11) is 4.05. The number of likely N-dealkylation sites (N-methyl/N-ethyl adjacent to an activating group) is 1. The van der Waals surface area contributed by atoms with Gasteiger partial charge in [0.25, 0.3) is 0 Å². The molecule has 0 aliphatic carbocycles. The fraction of sp³-hybridized carbons (Fsp3) is 0.632. The second-order valence-corrected chi connectivity index (χ2v) is 8.13. The van der Waals surface area contributed by atoms with Crippen LogP contribution in [0.15, 0.2) is 40.2 Å². The van der Waals surface area contributed by atoms with Crippen LogP contribution in [-0.4, -0.2) is 80.9 Å². The fourth-order valence-corrected chi connectivity index (χ4v) is 3.84. The lowest BCUT2D eigenvalue weighted by Crippen LogP contribution is -2.43. The molecule has 1 unspecified atom stereocenters. The van der Waals surface area contributed by atoms with Crippen molar-refractivity contribution in [2.24, 2.45) is 4.99 Å². The van der Waals surface area contributed by atoms with Crippen LogP contribution in [0.3, 0.4) is 0 Å². The number of halogens is 1. The molecule has 0 spiro atoms. The zero-order chi connectivity index (χ0) is 17.9. The van der Waals surface area contributed by atoms with Crippen LogP contribution >= 0.6 is 35.7 Å². The Labute approximate surface area is 180 Å². The largest absolute Gasteiger partial charge is 0.355 e. The zero-order valence-electron chi connectivity index (χ0n) is 16.3. The van der Waals surface area contributed by atoms with Crippen molar-refractivity contribution in [2.45, 2.75) is 23.5 Å². The van der Waals surface area contributed by atoms with E-state index in [0.29, 0.717) is 5.25 Å². The highest BCUT2D eigenvalue weighted by atomic mass is 127. The third kappa shape index (κ3) is 9.43. The Hall–Kier alpha value is -0.510. The van der Waals surface area contributed by atoms with Crippen molar-refractivity contribution in [3.05, 3.63) is 30.3 Å². The van der Waals surface area contributed by atoms with Gasteiger partial charge in [0.1, 0.15) is 0 Å². The Kier molecular flexibility index (Phi) is 12.3. The maximum atomic E-state index is 4.34. The minimum atomic E-state index is 0. The van der Waals surface area contributed by atoms with E-state index >= 15 is 0 Å². The predicted molar refractivity (Wildman–Crippen MR) is 125 cm³/mol. The summed E-state index contributed by atoms with van der Waals surface area (Å²) in [5, 5.41) is 7.37. The van der Waals surface area contributed by atoms with E-state index in [2.05, 4.69) is 69.7 Å². The molecule has 1 saturated heterocycles. The average Bonchev–Trinajstić information content (AvgIpc) is 2.83. The topological polar surface area (TPSA) is 42.9 Å². The maximum Gasteiger partial charge on any atom is 0.191 e. The number of rotatable bonds is 7. The summed E-state index contributed by atoms with van der Waals surface area (Å²) in [6, 6.07) is 10.5. The molecule has 7 heteroatoms. The van der Waals surface area contributed by atoms with E-state index < -0.39 is 0 Å². The third-order valence-corrected chi connectivity index (χ3v) is 5.51. The number of benzene rings is 1. The lowest BCUT2D eigenvalue weighted by atomic mass is 10.4. The monoisotopic (exact) mass is 491 g/mol. The molecule has 2 rings (SSSR count). The standard InChI is InChI=1S/C19H33N5S.HI/c1-17(25-18-8-5-4-6-9-18)16-22-19(20-2)21-10-13-24-12-7-11-23(3)14-15-24;/h4-6,8-9,17H,7,10-16H2,1-3H3,(H2,20,21,22);1H. The number of aliphatic imine (C=N–C) groups is 1. The van der Waals surface area contributed by atoms with Crippen molar-refractivity contribution in [1.82, 2.24) is 20.4 Å². The minimum absolute atomic E-state index is 0. The summed E-state index contributed by atoms with van der Waals surface area (Å²) >= 11 is 1.89. The van der Waals surface area contributed by atoms with Crippen LogP contribution in [0.25, 0.3) is 0 Å². The molecule has 0 radical (unpaired) electrons. The van der Waals surface area contributed by atoms with Gasteiger partial charge in [0.2, 0.25) is 0 Å². The van der Waals surface area contributed by atoms with Gasteiger partial charge in [-0.25, -0.2) is 0 Å². The van der Waals surface area contributed by atoms with Gasteiger partial charge in [-0.1, -0.05) is 25.1 Å².